The first-order chi connectivity index (χ1) is 12.5. The van der Waals surface area contributed by atoms with Gasteiger partial charge in [0.1, 0.15) is 0 Å². The Hall–Kier alpha value is -2.50. The van der Waals surface area contributed by atoms with Crippen LogP contribution in [0.25, 0.3) is 0 Å². The number of halogens is 4. The molecule has 0 unspecified atom stereocenters. The molecule has 0 aromatic heterocycles. The van der Waals surface area contributed by atoms with Crippen LogP contribution in [0, 0.1) is 23.3 Å². The molecule has 0 N–H and O–H groups in total. The summed E-state index contributed by atoms with van der Waals surface area (Å²) in [5, 5.41) is 0. The summed E-state index contributed by atoms with van der Waals surface area (Å²) in [7, 11) is 0. The van der Waals surface area contributed by atoms with Crippen LogP contribution in [-0.2, 0) is 0 Å². The minimum absolute atomic E-state index is 0.0848. The Balaban J connectivity index is 1.72. The van der Waals surface area contributed by atoms with Gasteiger partial charge in [0.2, 0.25) is 0 Å². The largest absolute Gasteiger partial charge is 0.287 e. The maximum Gasteiger partial charge on any atom is 0.159 e. The third kappa shape index (κ3) is 4.56. The van der Waals surface area contributed by atoms with Crippen molar-refractivity contribution in [3.63, 3.8) is 0 Å². The lowest BCUT2D eigenvalue weighted by atomic mass is 9.91. The van der Waals surface area contributed by atoms with Crippen molar-refractivity contribution in [2.45, 2.75) is 37.8 Å². The molecular formula is C20H18F4N2. The Labute approximate surface area is 149 Å². The molecule has 1 saturated carbocycles. The minimum atomic E-state index is -0.912. The second-order valence-electron chi connectivity index (χ2n) is 6.32. The van der Waals surface area contributed by atoms with E-state index in [1.54, 1.807) is 0 Å². The van der Waals surface area contributed by atoms with E-state index in [1.165, 1.54) is 24.6 Å². The second-order valence-corrected chi connectivity index (χ2v) is 6.32. The maximum absolute atomic E-state index is 13.3. The van der Waals surface area contributed by atoms with Gasteiger partial charge >= 0.3 is 0 Å². The van der Waals surface area contributed by atoms with Gasteiger partial charge in [-0.3, -0.25) is 9.98 Å². The molecule has 1 aliphatic rings. The maximum atomic E-state index is 13.3. The monoisotopic (exact) mass is 362 g/mol. The lowest BCUT2D eigenvalue weighted by molar-refractivity contribution is 0.390. The van der Waals surface area contributed by atoms with E-state index in [9.17, 15) is 17.6 Å². The number of benzene rings is 2. The fraction of sp³-hybridized carbons (Fsp3) is 0.300. The zero-order valence-electron chi connectivity index (χ0n) is 14.0. The first kappa shape index (κ1) is 18.3. The average molecular weight is 362 g/mol. The summed E-state index contributed by atoms with van der Waals surface area (Å²) >= 11 is 0. The van der Waals surface area contributed by atoms with Crippen molar-refractivity contribution in [3.05, 3.63) is 70.8 Å². The number of nitrogens with zero attached hydrogens (tertiary/aromatic N) is 2. The molecule has 2 atom stereocenters. The standard InChI is InChI=1S/C20H18F4N2/c21-15-7-5-13(9-17(15)23)11-25-19-3-1-2-4-20(19)26-12-14-6-8-16(22)18(24)10-14/h5-12,19-20H,1-4H2/b25-11-,26-12+/t19-,20-/m1/s1. The van der Waals surface area contributed by atoms with E-state index in [4.69, 9.17) is 0 Å². The Kier molecular flexibility index (Phi) is 5.81. The van der Waals surface area contributed by atoms with Gasteiger partial charge in [-0.25, -0.2) is 17.6 Å². The molecule has 0 heterocycles. The van der Waals surface area contributed by atoms with Crippen LogP contribution in [0.15, 0.2) is 46.4 Å². The SMILES string of the molecule is Fc1ccc(/C=N\[C@@H]2CCCC[C@H]2/N=C/c2ccc(F)c(F)c2)cc1F. The van der Waals surface area contributed by atoms with E-state index < -0.39 is 23.3 Å². The molecule has 2 aromatic rings. The van der Waals surface area contributed by atoms with Crippen LogP contribution in [0.3, 0.4) is 0 Å². The lowest BCUT2D eigenvalue weighted by Gasteiger charge is -2.25. The first-order valence-corrected chi connectivity index (χ1v) is 8.49. The highest BCUT2D eigenvalue weighted by molar-refractivity contribution is 5.80. The summed E-state index contributed by atoms with van der Waals surface area (Å²) in [4.78, 5) is 8.98. The molecule has 6 heteroatoms. The highest BCUT2D eigenvalue weighted by Crippen LogP contribution is 2.24. The van der Waals surface area contributed by atoms with Crippen molar-refractivity contribution >= 4 is 12.4 Å². The van der Waals surface area contributed by atoms with Crippen LogP contribution in [0.1, 0.15) is 36.8 Å². The van der Waals surface area contributed by atoms with Crippen molar-refractivity contribution in [2.75, 3.05) is 0 Å². The molecular weight excluding hydrogens is 344 g/mol. The van der Waals surface area contributed by atoms with E-state index >= 15 is 0 Å². The summed E-state index contributed by atoms with van der Waals surface area (Å²) in [5.74, 6) is -3.61. The number of aliphatic imine (C=N–C) groups is 2. The van der Waals surface area contributed by atoms with Gasteiger partial charge in [-0.1, -0.05) is 25.0 Å². The molecule has 3 rings (SSSR count). The van der Waals surface area contributed by atoms with Crippen LogP contribution >= 0.6 is 0 Å². The van der Waals surface area contributed by atoms with Gasteiger partial charge < -0.3 is 0 Å². The van der Waals surface area contributed by atoms with Crippen LogP contribution in [0.5, 0.6) is 0 Å². The molecule has 0 bridgehead atoms. The van der Waals surface area contributed by atoms with Gasteiger partial charge in [-0.05, 0) is 48.2 Å². The van der Waals surface area contributed by atoms with Crippen LogP contribution in [0.2, 0.25) is 0 Å². The highest BCUT2D eigenvalue weighted by Gasteiger charge is 2.23. The van der Waals surface area contributed by atoms with Gasteiger partial charge in [0.05, 0.1) is 12.1 Å². The molecule has 2 aromatic carbocycles. The van der Waals surface area contributed by atoms with Crippen LogP contribution in [0.4, 0.5) is 17.6 Å². The normalized spacial score (nSPS) is 20.9. The molecule has 26 heavy (non-hydrogen) atoms. The van der Waals surface area contributed by atoms with Crippen molar-refractivity contribution < 1.29 is 17.6 Å². The first-order valence-electron chi connectivity index (χ1n) is 8.49. The van der Waals surface area contributed by atoms with E-state index in [1.807, 2.05) is 0 Å². The Morgan fingerprint density at radius 3 is 1.46 bits per heavy atom. The van der Waals surface area contributed by atoms with Crippen molar-refractivity contribution in [2.24, 2.45) is 9.98 Å². The molecule has 0 radical (unpaired) electrons. The lowest BCUT2D eigenvalue weighted by Crippen LogP contribution is -2.27. The fourth-order valence-electron chi connectivity index (χ4n) is 2.99. The predicted octanol–water partition coefficient (Wildman–Crippen LogP) is 5.09. The smallest absolute Gasteiger partial charge is 0.159 e. The number of hydrogen-bond donors (Lipinski definition) is 0. The molecule has 0 spiro atoms. The summed E-state index contributed by atoms with van der Waals surface area (Å²) < 4.78 is 52.5. The molecule has 0 saturated heterocycles. The summed E-state index contributed by atoms with van der Waals surface area (Å²) in [6.45, 7) is 0. The second kappa shape index (κ2) is 8.25. The van der Waals surface area contributed by atoms with Gasteiger partial charge in [0, 0.05) is 12.4 Å². The molecule has 1 aliphatic carbocycles. The van der Waals surface area contributed by atoms with E-state index in [-0.39, 0.29) is 12.1 Å². The minimum Gasteiger partial charge on any atom is -0.287 e. The summed E-state index contributed by atoms with van der Waals surface area (Å²) in [6, 6.07) is 7.08. The molecule has 2 nitrogen and oxygen atoms in total. The van der Waals surface area contributed by atoms with E-state index in [0.717, 1.165) is 49.9 Å². The Morgan fingerprint density at radius 1 is 0.654 bits per heavy atom. The third-order valence-electron chi connectivity index (χ3n) is 4.41. The number of rotatable bonds is 4. The Bertz CT molecular complexity index is 763. The third-order valence-corrected chi connectivity index (χ3v) is 4.41. The predicted molar refractivity (Wildman–Crippen MR) is 93.9 cm³/mol. The van der Waals surface area contributed by atoms with Gasteiger partial charge in [0.15, 0.2) is 23.3 Å². The summed E-state index contributed by atoms with van der Waals surface area (Å²) in [6.07, 6.45) is 6.74. The van der Waals surface area contributed by atoms with Crippen LogP contribution in [-0.4, -0.2) is 24.5 Å². The fourth-order valence-corrected chi connectivity index (χ4v) is 2.99. The van der Waals surface area contributed by atoms with Crippen molar-refractivity contribution in [1.82, 2.24) is 0 Å². The van der Waals surface area contributed by atoms with Crippen molar-refractivity contribution in [1.29, 1.82) is 0 Å². The van der Waals surface area contributed by atoms with Gasteiger partial charge in [-0.15, -0.1) is 0 Å². The number of hydrogen-bond acceptors (Lipinski definition) is 2. The van der Waals surface area contributed by atoms with Crippen molar-refractivity contribution in [3.8, 4) is 0 Å². The molecule has 1 fully saturated rings. The average Bonchev–Trinajstić information content (AvgIpc) is 2.64. The molecule has 0 aliphatic heterocycles. The zero-order chi connectivity index (χ0) is 18.5. The topological polar surface area (TPSA) is 24.7 Å². The summed E-state index contributed by atoms with van der Waals surface area (Å²) in [5.41, 5.74) is 0.968. The van der Waals surface area contributed by atoms with Gasteiger partial charge in [0.25, 0.3) is 0 Å². The van der Waals surface area contributed by atoms with E-state index in [2.05, 4.69) is 9.98 Å². The zero-order valence-corrected chi connectivity index (χ0v) is 14.0. The van der Waals surface area contributed by atoms with Gasteiger partial charge in [-0.2, -0.15) is 0 Å². The van der Waals surface area contributed by atoms with E-state index in [0.29, 0.717) is 11.1 Å². The molecule has 0 amide bonds. The quantitative estimate of drug-likeness (QED) is 0.535. The molecule has 136 valence electrons. The van der Waals surface area contributed by atoms with Crippen LogP contribution < -0.4 is 0 Å². The highest BCUT2D eigenvalue weighted by atomic mass is 19.2. The Morgan fingerprint density at radius 2 is 1.08 bits per heavy atom.